The molecule has 0 saturated heterocycles. The number of aliphatic carboxylic acids is 1. The number of carboxylic acid groups (broad SMARTS) is 1. The first-order chi connectivity index (χ1) is 16.9. The Morgan fingerprint density at radius 3 is 2.46 bits per heavy atom. The third-order valence-electron chi connectivity index (χ3n) is 5.89. The maximum Gasteiger partial charge on any atom is 0.331 e. The van der Waals surface area contributed by atoms with Crippen molar-refractivity contribution in [2.45, 2.75) is 65.7 Å². The van der Waals surface area contributed by atoms with Crippen molar-refractivity contribution in [3.63, 3.8) is 0 Å². The van der Waals surface area contributed by atoms with Crippen molar-refractivity contribution in [1.82, 2.24) is 5.32 Å². The molecule has 2 aromatic rings. The first-order valence-corrected chi connectivity index (χ1v) is 12.7. The Labute approximate surface area is 210 Å². The highest BCUT2D eigenvalue weighted by Crippen LogP contribution is 2.34. The fourth-order valence-corrected chi connectivity index (χ4v) is 3.67. The van der Waals surface area contributed by atoms with E-state index in [0.717, 1.165) is 48.1 Å². The van der Waals surface area contributed by atoms with Crippen LogP contribution < -0.4 is 15.0 Å². The smallest absolute Gasteiger partial charge is 0.331 e. The number of rotatable bonds is 14. The number of urea groups is 1. The molecule has 2 N–H and O–H groups in total. The molecule has 0 radical (unpaired) electrons. The fraction of sp³-hybridized carbons (Fsp3) is 0.448. The van der Waals surface area contributed by atoms with Gasteiger partial charge in [-0.3, -0.25) is 4.90 Å². The van der Waals surface area contributed by atoms with E-state index in [9.17, 15) is 14.7 Å². The standard InChI is InChI=1S/C29H40N2O4/c1-5-7-9-10-11-17-30-29(34)31(4)25-14-12-13-24(21-25)26-16-15-23(19-22(3)28(32)33)20-27(26)35-18-8-6-2/h12-16,19-21H,5-11,17-18H2,1-4H3,(H,30,34)(H,32,33)/b22-19-. The molecule has 2 rings (SSSR count). The van der Waals surface area contributed by atoms with Gasteiger partial charge in [0.1, 0.15) is 5.75 Å². The summed E-state index contributed by atoms with van der Waals surface area (Å²) in [6.45, 7) is 7.12. The topological polar surface area (TPSA) is 78.9 Å². The maximum atomic E-state index is 12.7. The summed E-state index contributed by atoms with van der Waals surface area (Å²) in [5, 5.41) is 12.2. The van der Waals surface area contributed by atoms with E-state index in [4.69, 9.17) is 4.74 Å². The Morgan fingerprint density at radius 2 is 1.74 bits per heavy atom. The van der Waals surface area contributed by atoms with Crippen molar-refractivity contribution in [2.75, 3.05) is 25.1 Å². The summed E-state index contributed by atoms with van der Waals surface area (Å²) in [5.41, 5.74) is 3.65. The summed E-state index contributed by atoms with van der Waals surface area (Å²) in [5.74, 6) is -0.251. The molecular formula is C29H40N2O4. The third-order valence-corrected chi connectivity index (χ3v) is 5.89. The van der Waals surface area contributed by atoms with Crippen molar-refractivity contribution in [1.29, 1.82) is 0 Å². The Morgan fingerprint density at radius 1 is 1.00 bits per heavy atom. The van der Waals surface area contributed by atoms with Crippen LogP contribution in [0.5, 0.6) is 5.75 Å². The minimum Gasteiger partial charge on any atom is -0.493 e. The van der Waals surface area contributed by atoms with Gasteiger partial charge in [0, 0.05) is 30.4 Å². The van der Waals surface area contributed by atoms with Gasteiger partial charge in [-0.05, 0) is 55.2 Å². The molecule has 2 amide bonds. The second kappa shape index (κ2) is 14.9. The van der Waals surface area contributed by atoms with Crippen LogP contribution in [-0.2, 0) is 4.79 Å². The van der Waals surface area contributed by atoms with Gasteiger partial charge in [-0.15, -0.1) is 0 Å². The lowest BCUT2D eigenvalue weighted by molar-refractivity contribution is -0.132. The van der Waals surface area contributed by atoms with Gasteiger partial charge < -0.3 is 15.2 Å². The normalized spacial score (nSPS) is 11.3. The molecule has 190 valence electrons. The summed E-state index contributed by atoms with van der Waals surface area (Å²) in [6.07, 6.45) is 9.34. The van der Waals surface area contributed by atoms with E-state index >= 15 is 0 Å². The second-order valence-electron chi connectivity index (χ2n) is 8.85. The highest BCUT2D eigenvalue weighted by atomic mass is 16.5. The molecule has 6 heteroatoms. The highest BCUT2D eigenvalue weighted by Gasteiger charge is 2.14. The van der Waals surface area contributed by atoms with Crippen LogP contribution in [0.3, 0.4) is 0 Å². The molecule has 0 bridgehead atoms. The Bertz CT molecular complexity index is 1000. The van der Waals surface area contributed by atoms with E-state index < -0.39 is 5.97 Å². The summed E-state index contributed by atoms with van der Waals surface area (Å²) >= 11 is 0. The number of nitrogens with zero attached hydrogens (tertiary/aromatic N) is 1. The van der Waals surface area contributed by atoms with Crippen LogP contribution in [0.1, 0.15) is 71.3 Å². The van der Waals surface area contributed by atoms with Crippen LogP contribution in [0.15, 0.2) is 48.0 Å². The molecule has 0 aliphatic heterocycles. The van der Waals surface area contributed by atoms with Crippen LogP contribution in [0.4, 0.5) is 10.5 Å². The van der Waals surface area contributed by atoms with Crippen LogP contribution in [-0.4, -0.2) is 37.3 Å². The number of anilines is 1. The predicted octanol–water partition coefficient (Wildman–Crippen LogP) is 7.14. The predicted molar refractivity (Wildman–Crippen MR) is 144 cm³/mol. The van der Waals surface area contributed by atoms with Crippen molar-refractivity contribution in [2.24, 2.45) is 0 Å². The van der Waals surface area contributed by atoms with E-state index in [0.29, 0.717) is 18.9 Å². The Hall–Kier alpha value is -3.28. The monoisotopic (exact) mass is 480 g/mol. The lowest BCUT2D eigenvalue weighted by Gasteiger charge is -2.20. The summed E-state index contributed by atoms with van der Waals surface area (Å²) in [4.78, 5) is 25.5. The average Bonchev–Trinajstić information content (AvgIpc) is 2.86. The number of unbranched alkanes of at least 4 members (excludes halogenated alkanes) is 5. The van der Waals surface area contributed by atoms with Crippen LogP contribution in [0, 0.1) is 0 Å². The van der Waals surface area contributed by atoms with Gasteiger partial charge in [-0.2, -0.15) is 0 Å². The number of amides is 2. The van der Waals surface area contributed by atoms with Crippen molar-refractivity contribution in [3.8, 4) is 16.9 Å². The first kappa shape index (κ1) is 28.0. The zero-order valence-corrected chi connectivity index (χ0v) is 21.6. The molecule has 0 aliphatic rings. The third kappa shape index (κ3) is 9.12. The van der Waals surface area contributed by atoms with E-state index in [-0.39, 0.29) is 11.6 Å². The van der Waals surface area contributed by atoms with E-state index in [1.165, 1.54) is 19.3 Å². The number of hydrogen-bond acceptors (Lipinski definition) is 3. The van der Waals surface area contributed by atoms with Crippen molar-refractivity contribution in [3.05, 3.63) is 53.6 Å². The van der Waals surface area contributed by atoms with Gasteiger partial charge in [0.15, 0.2) is 0 Å². The van der Waals surface area contributed by atoms with Gasteiger partial charge >= 0.3 is 12.0 Å². The lowest BCUT2D eigenvalue weighted by atomic mass is 10.0. The average molecular weight is 481 g/mol. The van der Waals surface area contributed by atoms with Gasteiger partial charge in [0.25, 0.3) is 0 Å². The van der Waals surface area contributed by atoms with Gasteiger partial charge in [0.05, 0.1) is 6.61 Å². The highest BCUT2D eigenvalue weighted by molar-refractivity contribution is 5.93. The number of benzene rings is 2. The first-order valence-electron chi connectivity index (χ1n) is 12.7. The molecule has 0 heterocycles. The largest absolute Gasteiger partial charge is 0.493 e. The molecule has 0 atom stereocenters. The van der Waals surface area contributed by atoms with Crippen molar-refractivity contribution < 1.29 is 19.4 Å². The molecule has 35 heavy (non-hydrogen) atoms. The summed E-state index contributed by atoms with van der Waals surface area (Å²) < 4.78 is 6.09. The van der Waals surface area contributed by atoms with Crippen LogP contribution in [0.25, 0.3) is 17.2 Å². The minimum absolute atomic E-state index is 0.123. The molecule has 0 spiro atoms. The maximum absolute atomic E-state index is 12.7. The van der Waals surface area contributed by atoms with Crippen molar-refractivity contribution >= 4 is 23.8 Å². The number of carbonyl (C=O) groups excluding carboxylic acids is 1. The molecule has 0 aliphatic carbocycles. The Balaban J connectivity index is 2.21. The van der Waals surface area contributed by atoms with Gasteiger partial charge in [0.2, 0.25) is 0 Å². The molecule has 0 saturated carbocycles. The number of nitrogens with one attached hydrogen (secondary N) is 1. The van der Waals surface area contributed by atoms with Crippen LogP contribution >= 0.6 is 0 Å². The molecule has 0 unspecified atom stereocenters. The van der Waals surface area contributed by atoms with E-state index in [1.54, 1.807) is 24.9 Å². The molecule has 0 fully saturated rings. The molecule has 0 aromatic heterocycles. The minimum atomic E-state index is -0.947. The Kier molecular flexibility index (Phi) is 11.9. The number of hydrogen-bond donors (Lipinski definition) is 2. The van der Waals surface area contributed by atoms with Gasteiger partial charge in [-0.1, -0.05) is 70.2 Å². The number of ether oxygens (including phenoxy) is 1. The summed E-state index contributed by atoms with van der Waals surface area (Å²) in [6, 6.07) is 13.4. The van der Waals surface area contributed by atoms with E-state index in [1.807, 2.05) is 42.5 Å². The quantitative estimate of drug-likeness (QED) is 0.222. The zero-order valence-electron chi connectivity index (χ0n) is 21.6. The summed E-state index contributed by atoms with van der Waals surface area (Å²) in [7, 11) is 1.77. The number of carbonyl (C=O) groups is 2. The van der Waals surface area contributed by atoms with Crippen LogP contribution in [0.2, 0.25) is 0 Å². The molecule has 2 aromatic carbocycles. The molecule has 6 nitrogen and oxygen atoms in total. The SMILES string of the molecule is CCCCCCCNC(=O)N(C)c1cccc(-c2ccc(/C=C(/C)C(=O)O)cc2OCCCC)c1. The second-order valence-corrected chi connectivity index (χ2v) is 8.85. The number of carboxylic acids is 1. The fourth-order valence-electron chi connectivity index (χ4n) is 3.67. The molecular weight excluding hydrogens is 440 g/mol. The van der Waals surface area contributed by atoms with Gasteiger partial charge in [-0.25, -0.2) is 9.59 Å². The van der Waals surface area contributed by atoms with E-state index in [2.05, 4.69) is 19.2 Å². The zero-order chi connectivity index (χ0) is 25.6. The lowest BCUT2D eigenvalue weighted by Crippen LogP contribution is -2.37.